The number of ketones is 2. The van der Waals surface area contributed by atoms with Crippen LogP contribution in [0.3, 0.4) is 0 Å². The van der Waals surface area contributed by atoms with Crippen molar-refractivity contribution < 1.29 is 23.9 Å². The molecule has 0 amide bonds. The van der Waals surface area contributed by atoms with Gasteiger partial charge >= 0.3 is 5.97 Å². The lowest BCUT2D eigenvalue weighted by molar-refractivity contribution is -0.149. The maximum atomic E-state index is 12.8. The average Bonchev–Trinajstić information content (AvgIpc) is 3.03. The van der Waals surface area contributed by atoms with Gasteiger partial charge in [-0.15, -0.1) is 0 Å². The fourth-order valence-corrected chi connectivity index (χ4v) is 7.30. The smallest absolute Gasteiger partial charge is 0.303 e. The number of rotatable bonds is 4. The van der Waals surface area contributed by atoms with Crippen LogP contribution >= 0.6 is 0 Å². The number of carbonyl (C=O) groups is 4. The molecular weight excluding hydrogens is 356 g/mol. The van der Waals surface area contributed by atoms with Gasteiger partial charge in [0.05, 0.1) is 5.41 Å². The van der Waals surface area contributed by atoms with Gasteiger partial charge in [-0.2, -0.15) is 0 Å². The minimum Gasteiger partial charge on any atom is -0.458 e. The molecular formula is C23H30O5. The minimum absolute atomic E-state index is 0.0448. The van der Waals surface area contributed by atoms with E-state index < -0.39 is 11.4 Å². The molecule has 0 radical (unpaired) electrons. The monoisotopic (exact) mass is 386 g/mol. The van der Waals surface area contributed by atoms with E-state index in [1.54, 1.807) is 6.08 Å². The number of aldehydes is 1. The highest BCUT2D eigenvalue weighted by Gasteiger charge is 2.61. The fraction of sp³-hybridized carbons (Fsp3) is 0.739. The zero-order valence-corrected chi connectivity index (χ0v) is 16.9. The molecule has 152 valence electrons. The van der Waals surface area contributed by atoms with Gasteiger partial charge in [0.2, 0.25) is 0 Å². The van der Waals surface area contributed by atoms with Crippen molar-refractivity contribution in [1.29, 1.82) is 0 Å². The number of allylic oxidation sites excluding steroid dienone is 1. The summed E-state index contributed by atoms with van der Waals surface area (Å²) in [5, 5.41) is 0. The topological polar surface area (TPSA) is 77.5 Å². The quantitative estimate of drug-likeness (QED) is 0.546. The second kappa shape index (κ2) is 6.93. The van der Waals surface area contributed by atoms with E-state index in [9.17, 15) is 19.2 Å². The van der Waals surface area contributed by atoms with Crippen LogP contribution < -0.4 is 0 Å². The highest BCUT2D eigenvalue weighted by molar-refractivity contribution is 5.93. The second-order valence-electron chi connectivity index (χ2n) is 9.63. The molecule has 3 fully saturated rings. The van der Waals surface area contributed by atoms with Crippen LogP contribution in [0.5, 0.6) is 0 Å². The van der Waals surface area contributed by atoms with Crippen LogP contribution in [0.25, 0.3) is 0 Å². The molecule has 6 unspecified atom stereocenters. The first-order valence-electron chi connectivity index (χ1n) is 10.7. The summed E-state index contributed by atoms with van der Waals surface area (Å²) >= 11 is 0. The first kappa shape index (κ1) is 19.5. The van der Waals surface area contributed by atoms with Crippen molar-refractivity contribution >= 4 is 23.8 Å². The summed E-state index contributed by atoms with van der Waals surface area (Å²) in [7, 11) is 0. The lowest BCUT2D eigenvalue weighted by atomic mass is 9.46. The molecule has 5 nitrogen and oxygen atoms in total. The van der Waals surface area contributed by atoms with E-state index in [1.165, 1.54) is 6.92 Å². The Morgan fingerprint density at radius 1 is 1.14 bits per heavy atom. The van der Waals surface area contributed by atoms with E-state index in [-0.39, 0.29) is 29.5 Å². The lowest BCUT2D eigenvalue weighted by Gasteiger charge is -2.57. The number of esters is 1. The number of ether oxygens (including phenoxy) is 1. The summed E-state index contributed by atoms with van der Waals surface area (Å²) in [5.41, 5.74) is 0.524. The zero-order chi connectivity index (χ0) is 20.1. The first-order chi connectivity index (χ1) is 13.3. The molecule has 4 aliphatic rings. The van der Waals surface area contributed by atoms with Crippen LogP contribution in [0.15, 0.2) is 11.6 Å². The van der Waals surface area contributed by atoms with Gasteiger partial charge in [0.25, 0.3) is 0 Å². The van der Waals surface area contributed by atoms with Gasteiger partial charge in [0, 0.05) is 19.3 Å². The average molecular weight is 386 g/mol. The maximum Gasteiger partial charge on any atom is 0.303 e. The van der Waals surface area contributed by atoms with Crippen molar-refractivity contribution in [2.75, 3.05) is 6.61 Å². The number of carbonyl (C=O) groups excluding carboxylic acids is 4. The molecule has 0 saturated heterocycles. The Hall–Kier alpha value is -1.78. The molecule has 0 heterocycles. The molecule has 0 spiro atoms. The highest BCUT2D eigenvalue weighted by Crippen LogP contribution is 2.66. The Morgan fingerprint density at radius 2 is 1.93 bits per heavy atom. The molecule has 0 N–H and O–H groups in total. The standard InChI is InChI=1S/C23H30O5/c1-14(25)28-12-21(27)20-6-5-18-17-4-3-15-11-16(26)7-10-23(15,13-24)19(17)8-9-22(18,20)2/h11,13,17-20H,3-10,12H2,1-2H3. The number of hydrogen-bond acceptors (Lipinski definition) is 5. The van der Waals surface area contributed by atoms with E-state index >= 15 is 0 Å². The summed E-state index contributed by atoms with van der Waals surface area (Å²) in [6.07, 6.45) is 9.55. The summed E-state index contributed by atoms with van der Waals surface area (Å²) < 4.78 is 4.99. The minimum atomic E-state index is -0.460. The fourth-order valence-electron chi connectivity index (χ4n) is 7.30. The predicted octanol–water partition coefficient (Wildman–Crippen LogP) is 3.45. The second-order valence-corrected chi connectivity index (χ2v) is 9.63. The first-order valence-corrected chi connectivity index (χ1v) is 10.7. The van der Waals surface area contributed by atoms with Crippen molar-refractivity contribution in [3.05, 3.63) is 11.6 Å². The predicted molar refractivity (Wildman–Crippen MR) is 102 cm³/mol. The third-order valence-electron chi connectivity index (χ3n) is 8.58. The van der Waals surface area contributed by atoms with Gasteiger partial charge in [-0.1, -0.05) is 12.5 Å². The Labute approximate surface area is 166 Å². The van der Waals surface area contributed by atoms with E-state index in [1.807, 2.05) is 0 Å². The Kier molecular flexibility index (Phi) is 4.83. The highest BCUT2D eigenvalue weighted by atomic mass is 16.5. The van der Waals surface area contributed by atoms with Gasteiger partial charge < -0.3 is 9.53 Å². The lowest BCUT2D eigenvalue weighted by Crippen LogP contribution is -2.52. The summed E-state index contributed by atoms with van der Waals surface area (Å²) in [6.45, 7) is 3.45. The summed E-state index contributed by atoms with van der Waals surface area (Å²) in [5.74, 6) is 0.873. The molecule has 0 aromatic carbocycles. The Balaban J connectivity index is 1.59. The number of Topliss-reactive ketones (excluding diaryl/α,β-unsaturated/α-hetero) is 1. The molecule has 0 aromatic rings. The third kappa shape index (κ3) is 2.81. The number of fused-ring (bicyclic) bond motifs is 5. The van der Waals surface area contributed by atoms with E-state index in [0.29, 0.717) is 30.6 Å². The third-order valence-corrected chi connectivity index (χ3v) is 8.58. The van der Waals surface area contributed by atoms with Crippen molar-refractivity contribution in [2.45, 2.75) is 65.2 Å². The maximum absolute atomic E-state index is 12.8. The van der Waals surface area contributed by atoms with E-state index in [2.05, 4.69) is 6.92 Å². The molecule has 4 aliphatic carbocycles. The molecule has 5 heteroatoms. The van der Waals surface area contributed by atoms with Crippen LogP contribution in [0.2, 0.25) is 0 Å². The van der Waals surface area contributed by atoms with Gasteiger partial charge in [-0.05, 0) is 74.2 Å². The van der Waals surface area contributed by atoms with Crippen LogP contribution in [0.1, 0.15) is 65.2 Å². The molecule has 4 rings (SSSR count). The van der Waals surface area contributed by atoms with Crippen molar-refractivity contribution in [2.24, 2.45) is 34.5 Å². The Bertz CT molecular complexity index is 752. The molecule has 3 saturated carbocycles. The normalized spacial score (nSPS) is 41.9. The van der Waals surface area contributed by atoms with Crippen molar-refractivity contribution in [3.63, 3.8) is 0 Å². The van der Waals surface area contributed by atoms with E-state index in [4.69, 9.17) is 4.74 Å². The van der Waals surface area contributed by atoms with Crippen LogP contribution in [-0.4, -0.2) is 30.4 Å². The molecule has 28 heavy (non-hydrogen) atoms. The molecule has 6 atom stereocenters. The SMILES string of the molecule is CC(=O)OCC(=O)C1CCC2C3CCC4=CC(=O)CCC4(C=O)C3CCC12C. The zero-order valence-electron chi connectivity index (χ0n) is 16.9. The molecule has 0 aromatic heterocycles. The van der Waals surface area contributed by atoms with Crippen LogP contribution in [0.4, 0.5) is 0 Å². The van der Waals surface area contributed by atoms with Crippen LogP contribution in [-0.2, 0) is 23.9 Å². The van der Waals surface area contributed by atoms with Gasteiger partial charge in [0.15, 0.2) is 11.6 Å². The Morgan fingerprint density at radius 3 is 2.64 bits per heavy atom. The van der Waals surface area contributed by atoms with Crippen molar-refractivity contribution in [3.8, 4) is 0 Å². The van der Waals surface area contributed by atoms with Gasteiger partial charge in [-0.3, -0.25) is 14.4 Å². The van der Waals surface area contributed by atoms with Gasteiger partial charge in [-0.25, -0.2) is 0 Å². The summed E-state index contributed by atoms with van der Waals surface area (Å²) in [6, 6.07) is 0. The number of hydrogen-bond donors (Lipinski definition) is 0. The molecule has 0 aliphatic heterocycles. The van der Waals surface area contributed by atoms with Gasteiger partial charge in [0.1, 0.15) is 12.9 Å². The van der Waals surface area contributed by atoms with E-state index in [0.717, 1.165) is 50.4 Å². The van der Waals surface area contributed by atoms with Crippen LogP contribution in [0, 0.1) is 34.5 Å². The van der Waals surface area contributed by atoms with Crippen molar-refractivity contribution in [1.82, 2.24) is 0 Å². The summed E-state index contributed by atoms with van der Waals surface area (Å²) in [4.78, 5) is 48.1. The largest absolute Gasteiger partial charge is 0.458 e. The molecule has 0 bridgehead atoms.